The Hall–Kier alpha value is -1.87. The number of nitrogens with one attached hydrogen (secondary N) is 1. The van der Waals surface area contributed by atoms with Gasteiger partial charge < -0.3 is 11.1 Å². The lowest BCUT2D eigenvalue weighted by Crippen LogP contribution is -2.05. The van der Waals surface area contributed by atoms with Gasteiger partial charge in [-0.05, 0) is 61.2 Å². The molecule has 0 aliphatic rings. The fraction of sp³-hybridized carbons (Fsp3) is 0.312. The first-order chi connectivity index (χ1) is 9.38. The fourth-order valence-corrected chi connectivity index (χ4v) is 1.98. The molecule has 1 aromatic heterocycles. The summed E-state index contributed by atoms with van der Waals surface area (Å²) in [7, 11) is 0. The van der Waals surface area contributed by atoms with Gasteiger partial charge in [0.05, 0.1) is 0 Å². The van der Waals surface area contributed by atoms with Crippen LogP contribution in [0.1, 0.15) is 24.0 Å². The number of nitrogens with zero attached hydrogens (tertiary/aromatic N) is 1. The topological polar surface area (TPSA) is 50.9 Å². The maximum absolute atomic E-state index is 5.47. The van der Waals surface area contributed by atoms with Gasteiger partial charge in [0.15, 0.2) is 0 Å². The van der Waals surface area contributed by atoms with Crippen LogP contribution in [0.3, 0.4) is 0 Å². The normalized spacial score (nSPS) is 10.4. The molecule has 1 aromatic carbocycles. The predicted molar refractivity (Wildman–Crippen MR) is 80.3 cm³/mol. The maximum Gasteiger partial charge on any atom is 0.0340 e. The number of rotatable bonds is 7. The molecule has 3 nitrogen and oxygen atoms in total. The summed E-state index contributed by atoms with van der Waals surface area (Å²) >= 11 is 0. The summed E-state index contributed by atoms with van der Waals surface area (Å²) in [4.78, 5) is 4.03. The molecule has 0 bridgehead atoms. The van der Waals surface area contributed by atoms with E-state index in [9.17, 15) is 0 Å². The van der Waals surface area contributed by atoms with Crippen molar-refractivity contribution in [2.75, 3.05) is 18.4 Å². The van der Waals surface area contributed by atoms with Gasteiger partial charge in [-0.15, -0.1) is 0 Å². The van der Waals surface area contributed by atoms with Gasteiger partial charge >= 0.3 is 0 Å². The van der Waals surface area contributed by atoms with E-state index in [1.54, 1.807) is 0 Å². The lowest BCUT2D eigenvalue weighted by molar-refractivity contribution is 0.774. The third-order valence-corrected chi connectivity index (χ3v) is 3.07. The van der Waals surface area contributed by atoms with Gasteiger partial charge in [-0.25, -0.2) is 0 Å². The van der Waals surface area contributed by atoms with E-state index in [1.165, 1.54) is 16.8 Å². The predicted octanol–water partition coefficient (Wildman–Crippen LogP) is 2.82. The first-order valence-corrected chi connectivity index (χ1v) is 6.80. The van der Waals surface area contributed by atoms with Crippen molar-refractivity contribution in [2.45, 2.75) is 19.3 Å². The second-order valence-corrected chi connectivity index (χ2v) is 4.65. The van der Waals surface area contributed by atoms with Crippen molar-refractivity contribution in [3.05, 3.63) is 59.9 Å². The molecule has 0 spiro atoms. The zero-order valence-electron chi connectivity index (χ0n) is 11.2. The molecule has 2 rings (SSSR count). The highest BCUT2D eigenvalue weighted by atomic mass is 14.9. The number of unbranched alkanes of at least 4 members (excludes halogenated alkanes) is 1. The maximum atomic E-state index is 5.47. The summed E-state index contributed by atoms with van der Waals surface area (Å²) < 4.78 is 0. The quantitative estimate of drug-likeness (QED) is 0.748. The summed E-state index contributed by atoms with van der Waals surface area (Å²) in [5.41, 5.74) is 9.25. The molecule has 0 radical (unpaired) electrons. The summed E-state index contributed by atoms with van der Waals surface area (Å²) in [5, 5.41) is 3.40. The van der Waals surface area contributed by atoms with Crippen LogP contribution in [-0.2, 0) is 6.42 Å². The van der Waals surface area contributed by atoms with Crippen LogP contribution in [-0.4, -0.2) is 18.1 Å². The lowest BCUT2D eigenvalue weighted by atomic mass is 10.1. The molecule has 2 aromatic rings. The summed E-state index contributed by atoms with van der Waals surface area (Å²) in [6, 6.07) is 12.7. The number of hydrogen-bond acceptors (Lipinski definition) is 3. The third kappa shape index (κ3) is 4.72. The van der Waals surface area contributed by atoms with Crippen LogP contribution in [0.25, 0.3) is 0 Å². The highest BCUT2D eigenvalue weighted by Crippen LogP contribution is 2.13. The molecule has 0 atom stereocenters. The van der Waals surface area contributed by atoms with Crippen LogP contribution >= 0.6 is 0 Å². The van der Waals surface area contributed by atoms with Crippen molar-refractivity contribution in [3.8, 4) is 0 Å². The number of pyridine rings is 1. The highest BCUT2D eigenvalue weighted by Gasteiger charge is 1.97. The van der Waals surface area contributed by atoms with E-state index < -0.39 is 0 Å². The Kier molecular flexibility index (Phi) is 5.38. The van der Waals surface area contributed by atoms with Crippen molar-refractivity contribution >= 4 is 5.69 Å². The molecule has 0 unspecified atom stereocenters. The van der Waals surface area contributed by atoms with Crippen molar-refractivity contribution in [2.24, 2.45) is 5.73 Å². The monoisotopic (exact) mass is 255 g/mol. The van der Waals surface area contributed by atoms with E-state index >= 15 is 0 Å². The first kappa shape index (κ1) is 13.6. The molecule has 0 saturated carbocycles. The van der Waals surface area contributed by atoms with E-state index in [0.717, 1.165) is 32.4 Å². The standard InChI is InChI=1S/C16H21N3/c17-9-1-2-10-19-16-5-3-14(4-6-16)13-15-7-11-18-12-8-15/h3-8,11-12,19H,1-2,9-10,13,17H2. The summed E-state index contributed by atoms with van der Waals surface area (Å²) in [5.74, 6) is 0. The second kappa shape index (κ2) is 7.54. The molecule has 3 heteroatoms. The minimum Gasteiger partial charge on any atom is -0.385 e. The van der Waals surface area contributed by atoms with Crippen molar-refractivity contribution in [3.63, 3.8) is 0 Å². The Morgan fingerprint density at radius 1 is 0.895 bits per heavy atom. The SMILES string of the molecule is NCCCCNc1ccc(Cc2ccncc2)cc1. The molecular weight excluding hydrogens is 234 g/mol. The third-order valence-electron chi connectivity index (χ3n) is 3.07. The molecule has 0 saturated heterocycles. The van der Waals surface area contributed by atoms with Crippen LogP contribution in [0.15, 0.2) is 48.8 Å². The van der Waals surface area contributed by atoms with E-state index in [1.807, 2.05) is 12.4 Å². The van der Waals surface area contributed by atoms with Crippen LogP contribution in [0.5, 0.6) is 0 Å². The van der Waals surface area contributed by atoms with Gasteiger partial charge in [0.2, 0.25) is 0 Å². The molecule has 3 N–H and O–H groups in total. The van der Waals surface area contributed by atoms with Gasteiger partial charge in [-0.3, -0.25) is 4.98 Å². The molecule has 0 aliphatic heterocycles. The van der Waals surface area contributed by atoms with Gasteiger partial charge in [-0.1, -0.05) is 12.1 Å². The van der Waals surface area contributed by atoms with Gasteiger partial charge in [0.1, 0.15) is 0 Å². The number of aromatic nitrogens is 1. The fourth-order valence-electron chi connectivity index (χ4n) is 1.98. The summed E-state index contributed by atoms with van der Waals surface area (Å²) in [6.07, 6.45) is 6.82. The molecule has 0 fully saturated rings. The highest BCUT2D eigenvalue weighted by molar-refractivity contribution is 5.45. The van der Waals surface area contributed by atoms with Crippen molar-refractivity contribution in [1.82, 2.24) is 4.98 Å². The summed E-state index contributed by atoms with van der Waals surface area (Å²) in [6.45, 7) is 1.76. The minimum absolute atomic E-state index is 0.770. The number of anilines is 1. The lowest BCUT2D eigenvalue weighted by Gasteiger charge is -2.07. The van der Waals surface area contributed by atoms with Crippen LogP contribution < -0.4 is 11.1 Å². The van der Waals surface area contributed by atoms with E-state index in [4.69, 9.17) is 5.73 Å². The van der Waals surface area contributed by atoms with Gasteiger partial charge in [-0.2, -0.15) is 0 Å². The van der Waals surface area contributed by atoms with Gasteiger partial charge in [0.25, 0.3) is 0 Å². The molecule has 1 heterocycles. The zero-order valence-corrected chi connectivity index (χ0v) is 11.2. The average Bonchev–Trinajstić information content (AvgIpc) is 2.46. The first-order valence-electron chi connectivity index (χ1n) is 6.80. The van der Waals surface area contributed by atoms with Crippen LogP contribution in [0.2, 0.25) is 0 Å². The number of nitrogens with two attached hydrogens (primary N) is 1. The van der Waals surface area contributed by atoms with Crippen LogP contribution in [0.4, 0.5) is 5.69 Å². The largest absolute Gasteiger partial charge is 0.385 e. The Morgan fingerprint density at radius 3 is 2.26 bits per heavy atom. The Balaban J connectivity index is 1.84. The van der Waals surface area contributed by atoms with E-state index in [2.05, 4.69) is 46.7 Å². The zero-order chi connectivity index (χ0) is 13.3. The molecule has 0 amide bonds. The number of benzene rings is 1. The molecule has 0 aliphatic carbocycles. The molecule has 100 valence electrons. The molecule has 19 heavy (non-hydrogen) atoms. The van der Waals surface area contributed by atoms with Crippen LogP contribution in [0, 0.1) is 0 Å². The Morgan fingerprint density at radius 2 is 1.58 bits per heavy atom. The minimum atomic E-state index is 0.770. The average molecular weight is 255 g/mol. The van der Waals surface area contributed by atoms with Crippen molar-refractivity contribution in [1.29, 1.82) is 0 Å². The molecular formula is C16H21N3. The van der Waals surface area contributed by atoms with Gasteiger partial charge in [0, 0.05) is 24.6 Å². The van der Waals surface area contributed by atoms with E-state index in [0.29, 0.717) is 0 Å². The number of hydrogen-bond donors (Lipinski definition) is 2. The Labute approximate surface area is 114 Å². The smallest absolute Gasteiger partial charge is 0.0340 e. The van der Waals surface area contributed by atoms with E-state index in [-0.39, 0.29) is 0 Å². The Bertz CT molecular complexity index is 465. The second-order valence-electron chi connectivity index (χ2n) is 4.65. The van der Waals surface area contributed by atoms with Crippen molar-refractivity contribution < 1.29 is 0 Å².